The molecule has 8 heteroatoms. The molecule has 7 nitrogen and oxygen atoms in total. The van der Waals surface area contributed by atoms with Gasteiger partial charge in [0.1, 0.15) is 0 Å². The van der Waals surface area contributed by atoms with E-state index in [4.69, 9.17) is 13.9 Å². The fraction of sp³-hybridized carbons (Fsp3) is 0.524. The van der Waals surface area contributed by atoms with Crippen LogP contribution in [-0.2, 0) is 16.0 Å². The van der Waals surface area contributed by atoms with Gasteiger partial charge in [-0.2, -0.15) is 0 Å². The predicted molar refractivity (Wildman–Crippen MR) is 125 cm³/mol. The first-order valence-electron chi connectivity index (χ1n) is 9.86. The molecular formula is C21H31IN4O3. The number of aromatic nitrogens is 1. The third-order valence-electron chi connectivity index (χ3n) is 4.66. The molecule has 29 heavy (non-hydrogen) atoms. The number of aliphatic imine (C=N–C) groups is 1. The van der Waals surface area contributed by atoms with Crippen LogP contribution < -0.4 is 10.6 Å². The van der Waals surface area contributed by atoms with Crippen LogP contribution in [0.15, 0.2) is 39.9 Å². The Labute approximate surface area is 189 Å². The zero-order valence-electron chi connectivity index (χ0n) is 17.1. The summed E-state index contributed by atoms with van der Waals surface area (Å²) in [5.74, 6) is 2.68. The van der Waals surface area contributed by atoms with Crippen LogP contribution >= 0.6 is 24.0 Å². The standard InChI is InChI=1S/C21H30N4O3.HI/c1-16-4-6-18(7-5-16)19-12-24-20(28-19)13-25-21(22-2)23-9-3-10-26-14-17-8-11-27-15-17;/h4-7,12,17H,3,8-11,13-15H2,1-2H3,(H2,22,23,25);1H. The van der Waals surface area contributed by atoms with Crippen molar-refractivity contribution in [1.82, 2.24) is 15.6 Å². The van der Waals surface area contributed by atoms with E-state index < -0.39 is 0 Å². The Morgan fingerprint density at radius 3 is 2.83 bits per heavy atom. The van der Waals surface area contributed by atoms with E-state index in [0.717, 1.165) is 63.1 Å². The summed E-state index contributed by atoms with van der Waals surface area (Å²) in [7, 11) is 1.75. The molecule has 1 aromatic heterocycles. The van der Waals surface area contributed by atoms with Crippen LogP contribution in [0.1, 0.15) is 24.3 Å². The molecule has 2 aromatic rings. The van der Waals surface area contributed by atoms with E-state index in [0.29, 0.717) is 18.4 Å². The van der Waals surface area contributed by atoms with Gasteiger partial charge in [-0.1, -0.05) is 29.8 Å². The smallest absolute Gasteiger partial charge is 0.214 e. The van der Waals surface area contributed by atoms with Crippen molar-refractivity contribution >= 4 is 29.9 Å². The summed E-state index contributed by atoms with van der Waals surface area (Å²) in [5, 5.41) is 6.50. The number of hydrogen-bond acceptors (Lipinski definition) is 5. The maximum Gasteiger partial charge on any atom is 0.214 e. The van der Waals surface area contributed by atoms with E-state index in [2.05, 4.69) is 39.7 Å². The number of hydrogen-bond donors (Lipinski definition) is 2. The topological polar surface area (TPSA) is 80.9 Å². The molecule has 0 bridgehead atoms. The van der Waals surface area contributed by atoms with Gasteiger partial charge in [-0.05, 0) is 19.8 Å². The maximum atomic E-state index is 5.82. The van der Waals surface area contributed by atoms with Gasteiger partial charge in [0.15, 0.2) is 11.7 Å². The zero-order valence-corrected chi connectivity index (χ0v) is 19.5. The fourth-order valence-electron chi connectivity index (χ4n) is 2.97. The van der Waals surface area contributed by atoms with Crippen LogP contribution in [0.25, 0.3) is 11.3 Å². The quantitative estimate of drug-likeness (QED) is 0.231. The lowest BCUT2D eigenvalue weighted by Gasteiger charge is -2.11. The Morgan fingerprint density at radius 2 is 2.10 bits per heavy atom. The lowest BCUT2D eigenvalue weighted by Crippen LogP contribution is -2.37. The maximum absolute atomic E-state index is 5.82. The van der Waals surface area contributed by atoms with Gasteiger partial charge < -0.3 is 24.5 Å². The predicted octanol–water partition coefficient (Wildman–Crippen LogP) is 3.38. The van der Waals surface area contributed by atoms with Crippen LogP contribution in [0, 0.1) is 12.8 Å². The van der Waals surface area contributed by atoms with E-state index in [1.54, 1.807) is 13.2 Å². The summed E-state index contributed by atoms with van der Waals surface area (Å²) < 4.78 is 16.9. The summed E-state index contributed by atoms with van der Waals surface area (Å²) >= 11 is 0. The summed E-state index contributed by atoms with van der Waals surface area (Å²) in [6, 6.07) is 8.20. The number of rotatable bonds is 9. The van der Waals surface area contributed by atoms with Gasteiger partial charge in [0.05, 0.1) is 26.0 Å². The molecule has 2 heterocycles. The van der Waals surface area contributed by atoms with E-state index in [9.17, 15) is 0 Å². The monoisotopic (exact) mass is 514 g/mol. The highest BCUT2D eigenvalue weighted by atomic mass is 127. The zero-order chi connectivity index (χ0) is 19.6. The molecular weight excluding hydrogens is 483 g/mol. The van der Waals surface area contributed by atoms with Crippen molar-refractivity contribution in [3.63, 3.8) is 0 Å². The molecule has 0 spiro atoms. The van der Waals surface area contributed by atoms with Crippen molar-refractivity contribution in [3.05, 3.63) is 41.9 Å². The number of nitrogens with one attached hydrogen (secondary N) is 2. The second-order valence-corrected chi connectivity index (χ2v) is 6.99. The van der Waals surface area contributed by atoms with Crippen molar-refractivity contribution in [1.29, 1.82) is 0 Å². The lowest BCUT2D eigenvalue weighted by atomic mass is 10.1. The minimum atomic E-state index is 0. The van der Waals surface area contributed by atoms with E-state index in [1.807, 2.05) is 12.1 Å². The normalized spacial score (nSPS) is 16.5. The Kier molecular flexibility index (Phi) is 10.4. The van der Waals surface area contributed by atoms with Crippen LogP contribution in [0.2, 0.25) is 0 Å². The molecule has 1 atom stereocenters. The van der Waals surface area contributed by atoms with Crippen LogP contribution in [-0.4, -0.2) is 51.0 Å². The first-order valence-corrected chi connectivity index (χ1v) is 9.86. The number of halogens is 1. The van der Waals surface area contributed by atoms with Gasteiger partial charge in [-0.15, -0.1) is 24.0 Å². The van der Waals surface area contributed by atoms with Crippen molar-refractivity contribution in [2.75, 3.05) is 40.0 Å². The molecule has 1 saturated heterocycles. The third kappa shape index (κ3) is 7.94. The number of aryl methyl sites for hydroxylation is 1. The SMILES string of the molecule is CN=C(NCCCOCC1CCOC1)NCc1ncc(-c2ccc(C)cc2)o1.I. The molecule has 1 aliphatic heterocycles. The van der Waals surface area contributed by atoms with Gasteiger partial charge in [0.2, 0.25) is 5.89 Å². The highest BCUT2D eigenvalue weighted by Gasteiger charge is 2.15. The minimum absolute atomic E-state index is 0. The van der Waals surface area contributed by atoms with E-state index >= 15 is 0 Å². The van der Waals surface area contributed by atoms with Crippen molar-refractivity contribution in [2.45, 2.75) is 26.3 Å². The molecule has 1 aromatic carbocycles. The van der Waals surface area contributed by atoms with Crippen LogP contribution in [0.4, 0.5) is 0 Å². The van der Waals surface area contributed by atoms with Crippen LogP contribution in [0.5, 0.6) is 0 Å². The summed E-state index contributed by atoms with van der Waals surface area (Å²) in [5.41, 5.74) is 2.24. The Morgan fingerprint density at radius 1 is 1.28 bits per heavy atom. The molecule has 1 fully saturated rings. The first-order chi connectivity index (χ1) is 13.7. The average Bonchev–Trinajstić information content (AvgIpc) is 3.39. The highest BCUT2D eigenvalue weighted by Crippen LogP contribution is 2.20. The summed E-state index contributed by atoms with van der Waals surface area (Å²) in [6.45, 7) is 6.57. The van der Waals surface area contributed by atoms with E-state index in [1.165, 1.54) is 5.56 Å². The fourth-order valence-corrected chi connectivity index (χ4v) is 2.97. The molecule has 2 N–H and O–H groups in total. The lowest BCUT2D eigenvalue weighted by molar-refractivity contribution is 0.0888. The molecule has 160 valence electrons. The van der Waals surface area contributed by atoms with Gasteiger partial charge in [0.25, 0.3) is 0 Å². The van der Waals surface area contributed by atoms with Gasteiger partial charge in [-0.3, -0.25) is 4.99 Å². The van der Waals surface area contributed by atoms with Gasteiger partial charge >= 0.3 is 0 Å². The summed E-state index contributed by atoms with van der Waals surface area (Å²) in [4.78, 5) is 8.56. The number of guanidine groups is 1. The van der Waals surface area contributed by atoms with Gasteiger partial charge in [-0.25, -0.2) is 4.98 Å². The first kappa shape index (κ1) is 23.6. The Hall–Kier alpha value is -1.65. The Bertz CT molecular complexity index is 743. The van der Waals surface area contributed by atoms with Gasteiger partial charge in [0, 0.05) is 38.3 Å². The number of ether oxygens (including phenoxy) is 2. The second-order valence-electron chi connectivity index (χ2n) is 6.99. The molecule has 3 rings (SSSR count). The molecule has 0 saturated carbocycles. The minimum Gasteiger partial charge on any atom is -0.439 e. The molecule has 1 aliphatic rings. The molecule has 0 radical (unpaired) electrons. The van der Waals surface area contributed by atoms with E-state index in [-0.39, 0.29) is 24.0 Å². The van der Waals surface area contributed by atoms with Crippen LogP contribution in [0.3, 0.4) is 0 Å². The number of benzene rings is 1. The largest absolute Gasteiger partial charge is 0.439 e. The summed E-state index contributed by atoms with van der Waals surface area (Å²) in [6.07, 6.45) is 3.79. The van der Waals surface area contributed by atoms with Crippen molar-refractivity contribution in [3.8, 4) is 11.3 Å². The van der Waals surface area contributed by atoms with Crippen molar-refractivity contribution < 1.29 is 13.9 Å². The van der Waals surface area contributed by atoms with Crippen molar-refractivity contribution in [2.24, 2.45) is 10.9 Å². The highest BCUT2D eigenvalue weighted by molar-refractivity contribution is 14.0. The average molecular weight is 514 g/mol. The second kappa shape index (κ2) is 12.8. The number of oxazole rings is 1. The number of nitrogens with zero attached hydrogens (tertiary/aromatic N) is 2. The molecule has 1 unspecified atom stereocenters. The Balaban J connectivity index is 0.00000300. The molecule has 0 amide bonds. The molecule has 0 aliphatic carbocycles. The third-order valence-corrected chi connectivity index (χ3v) is 4.66.